The molecule has 0 aliphatic heterocycles. The third kappa shape index (κ3) is 2.30. The van der Waals surface area contributed by atoms with Gasteiger partial charge in [-0.05, 0) is 12.1 Å². The molecule has 1 heterocycles. The average molecular weight is 275 g/mol. The summed E-state index contributed by atoms with van der Waals surface area (Å²) in [4.78, 5) is 8.72. The lowest BCUT2D eigenvalue weighted by molar-refractivity contribution is 0.271. The molecule has 1 aromatic heterocycles. The highest BCUT2D eigenvalue weighted by Crippen LogP contribution is 2.28. The van der Waals surface area contributed by atoms with E-state index < -0.39 is 8.25 Å². The molecule has 5 heteroatoms. The Bertz CT molecular complexity index is 697. The van der Waals surface area contributed by atoms with E-state index in [9.17, 15) is 4.57 Å². The zero-order valence-electron chi connectivity index (χ0n) is 10.2. The SMILES string of the molecule is O=[PH](O)OCCn1c2ccccc2c2ccccc21. The lowest BCUT2D eigenvalue weighted by Gasteiger charge is -2.06. The van der Waals surface area contributed by atoms with Crippen LogP contribution in [0.5, 0.6) is 0 Å². The van der Waals surface area contributed by atoms with Gasteiger partial charge in [0.1, 0.15) is 0 Å². The second kappa shape index (κ2) is 5.17. The molecular weight excluding hydrogens is 261 g/mol. The molecule has 2 aromatic carbocycles. The molecule has 0 radical (unpaired) electrons. The molecule has 1 atom stereocenters. The monoisotopic (exact) mass is 275 g/mol. The van der Waals surface area contributed by atoms with Crippen LogP contribution in [0.1, 0.15) is 0 Å². The predicted octanol–water partition coefficient (Wildman–Crippen LogP) is 3.19. The van der Waals surface area contributed by atoms with Crippen molar-refractivity contribution in [2.75, 3.05) is 6.61 Å². The molecule has 4 nitrogen and oxygen atoms in total. The molecule has 3 aromatic rings. The maximum Gasteiger partial charge on any atom is 0.316 e. The van der Waals surface area contributed by atoms with E-state index >= 15 is 0 Å². The Kier molecular flexibility index (Phi) is 3.38. The van der Waals surface area contributed by atoms with Gasteiger partial charge in [-0.1, -0.05) is 36.4 Å². The van der Waals surface area contributed by atoms with E-state index in [0.717, 1.165) is 11.0 Å². The summed E-state index contributed by atoms with van der Waals surface area (Å²) in [6.07, 6.45) is 0. The Morgan fingerprint density at radius 1 is 1.00 bits per heavy atom. The van der Waals surface area contributed by atoms with Crippen LogP contribution in [0.4, 0.5) is 0 Å². The first-order chi connectivity index (χ1) is 9.27. The Morgan fingerprint density at radius 3 is 2.05 bits per heavy atom. The second-order valence-electron chi connectivity index (χ2n) is 4.30. The summed E-state index contributed by atoms with van der Waals surface area (Å²) in [7, 11) is -2.86. The number of fused-ring (bicyclic) bond motifs is 3. The van der Waals surface area contributed by atoms with Crippen LogP contribution in [0.15, 0.2) is 48.5 Å². The Morgan fingerprint density at radius 2 is 1.53 bits per heavy atom. The number of para-hydroxylation sites is 2. The van der Waals surface area contributed by atoms with Gasteiger partial charge in [0.05, 0.1) is 6.61 Å². The van der Waals surface area contributed by atoms with Crippen molar-refractivity contribution in [3.05, 3.63) is 48.5 Å². The summed E-state index contributed by atoms with van der Waals surface area (Å²) >= 11 is 0. The van der Waals surface area contributed by atoms with E-state index in [-0.39, 0.29) is 6.61 Å². The first-order valence-electron chi connectivity index (χ1n) is 6.09. The molecule has 0 aliphatic carbocycles. The van der Waals surface area contributed by atoms with E-state index in [1.165, 1.54) is 10.8 Å². The van der Waals surface area contributed by atoms with Crippen LogP contribution in [0.25, 0.3) is 21.8 Å². The van der Waals surface area contributed by atoms with Crippen LogP contribution < -0.4 is 0 Å². The first kappa shape index (κ1) is 12.4. The van der Waals surface area contributed by atoms with Crippen LogP contribution in [0, 0.1) is 0 Å². The normalized spacial score (nSPS) is 13.1. The van der Waals surface area contributed by atoms with Gasteiger partial charge < -0.3 is 14.0 Å². The molecule has 0 bridgehead atoms. The summed E-state index contributed by atoms with van der Waals surface area (Å²) in [6.45, 7) is 0.794. The largest absolute Gasteiger partial charge is 0.338 e. The van der Waals surface area contributed by atoms with Gasteiger partial charge in [0.25, 0.3) is 0 Å². The zero-order chi connectivity index (χ0) is 13.2. The number of benzene rings is 2. The topological polar surface area (TPSA) is 51.5 Å². The zero-order valence-corrected chi connectivity index (χ0v) is 11.2. The lowest BCUT2D eigenvalue weighted by atomic mass is 10.2. The van der Waals surface area contributed by atoms with E-state index in [2.05, 4.69) is 28.8 Å². The summed E-state index contributed by atoms with van der Waals surface area (Å²) in [6, 6.07) is 16.3. The van der Waals surface area contributed by atoms with Gasteiger partial charge in [-0.25, -0.2) is 0 Å². The van der Waals surface area contributed by atoms with Gasteiger partial charge in [-0.2, -0.15) is 0 Å². The van der Waals surface area contributed by atoms with Crippen LogP contribution in [-0.4, -0.2) is 16.1 Å². The number of aromatic nitrogens is 1. The minimum Gasteiger partial charge on any atom is -0.338 e. The maximum absolute atomic E-state index is 10.6. The molecule has 0 aliphatic rings. The molecule has 1 N–H and O–H groups in total. The molecule has 0 amide bonds. The van der Waals surface area contributed by atoms with Gasteiger partial charge in [0.15, 0.2) is 0 Å². The third-order valence-corrected chi connectivity index (χ3v) is 3.67. The van der Waals surface area contributed by atoms with Crippen molar-refractivity contribution < 1.29 is 14.0 Å². The minimum atomic E-state index is -2.86. The summed E-state index contributed by atoms with van der Waals surface area (Å²) in [5.41, 5.74) is 2.23. The van der Waals surface area contributed by atoms with E-state index in [1.807, 2.05) is 24.3 Å². The fraction of sp³-hybridized carbons (Fsp3) is 0.143. The predicted molar refractivity (Wildman–Crippen MR) is 76.6 cm³/mol. The lowest BCUT2D eigenvalue weighted by Crippen LogP contribution is -2.02. The molecule has 3 rings (SSSR count). The van der Waals surface area contributed by atoms with E-state index in [0.29, 0.717) is 6.54 Å². The van der Waals surface area contributed by atoms with Gasteiger partial charge in [0, 0.05) is 28.4 Å². The summed E-state index contributed by atoms with van der Waals surface area (Å²) in [5, 5.41) is 2.38. The number of nitrogens with zero attached hydrogens (tertiary/aromatic N) is 1. The van der Waals surface area contributed by atoms with Gasteiger partial charge >= 0.3 is 8.25 Å². The van der Waals surface area contributed by atoms with Crippen molar-refractivity contribution in [3.8, 4) is 0 Å². The van der Waals surface area contributed by atoms with Gasteiger partial charge in [0.2, 0.25) is 0 Å². The smallest absolute Gasteiger partial charge is 0.316 e. The van der Waals surface area contributed by atoms with Crippen LogP contribution in [-0.2, 0) is 15.6 Å². The van der Waals surface area contributed by atoms with Gasteiger partial charge in [-0.15, -0.1) is 0 Å². The molecule has 0 spiro atoms. The summed E-state index contributed by atoms with van der Waals surface area (Å²) < 4.78 is 17.5. The molecule has 19 heavy (non-hydrogen) atoms. The quantitative estimate of drug-likeness (QED) is 0.744. The number of hydrogen-bond donors (Lipinski definition) is 1. The molecule has 0 saturated carbocycles. The molecule has 0 saturated heterocycles. The van der Waals surface area contributed by atoms with Crippen molar-refractivity contribution in [3.63, 3.8) is 0 Å². The summed E-state index contributed by atoms with van der Waals surface area (Å²) in [5.74, 6) is 0. The molecule has 98 valence electrons. The fourth-order valence-corrected chi connectivity index (χ4v) is 2.73. The van der Waals surface area contributed by atoms with Crippen molar-refractivity contribution >= 4 is 30.1 Å². The van der Waals surface area contributed by atoms with E-state index in [4.69, 9.17) is 9.42 Å². The maximum atomic E-state index is 10.6. The van der Waals surface area contributed by atoms with Crippen molar-refractivity contribution in [2.24, 2.45) is 0 Å². The molecular formula is C14H14NO3P. The second-order valence-corrected chi connectivity index (χ2v) is 5.12. The molecule has 0 fully saturated rings. The van der Waals surface area contributed by atoms with Crippen LogP contribution in [0.3, 0.4) is 0 Å². The van der Waals surface area contributed by atoms with Crippen LogP contribution >= 0.6 is 8.25 Å². The first-order valence-corrected chi connectivity index (χ1v) is 7.35. The third-order valence-electron chi connectivity index (χ3n) is 3.22. The Labute approximate surface area is 111 Å². The molecule has 1 unspecified atom stereocenters. The van der Waals surface area contributed by atoms with Crippen molar-refractivity contribution in [1.29, 1.82) is 0 Å². The van der Waals surface area contributed by atoms with Crippen molar-refractivity contribution in [1.82, 2.24) is 4.57 Å². The average Bonchev–Trinajstić information content (AvgIpc) is 2.74. The highest BCUT2D eigenvalue weighted by Gasteiger charge is 2.09. The van der Waals surface area contributed by atoms with Gasteiger partial charge in [-0.3, -0.25) is 4.57 Å². The standard InChI is InChI=1S/C14H14NO3P/c16-19(17)18-10-9-15-13-7-3-1-5-11(13)12-6-2-4-8-14(12)15/h1-8,19H,9-10H2,(H,16,17). The van der Waals surface area contributed by atoms with E-state index in [1.54, 1.807) is 0 Å². The Hall–Kier alpha value is -1.61. The number of hydrogen-bond acceptors (Lipinski definition) is 2. The van der Waals surface area contributed by atoms with Crippen LogP contribution in [0.2, 0.25) is 0 Å². The highest BCUT2D eigenvalue weighted by atomic mass is 31.1. The highest BCUT2D eigenvalue weighted by molar-refractivity contribution is 7.32. The Balaban J connectivity index is 2.11. The number of rotatable bonds is 4. The van der Waals surface area contributed by atoms with Crippen molar-refractivity contribution in [2.45, 2.75) is 6.54 Å². The fourth-order valence-electron chi connectivity index (χ4n) is 2.47. The minimum absolute atomic E-state index is 0.233.